The SMILES string of the molecule is CCOc1ccc(NC(=O)CN2C(=O)SC(=Cc3cc(C)n(-c4ccc5c(c4)OCO5)c3C)C2=O)cc1. The molecule has 9 nitrogen and oxygen atoms in total. The molecule has 0 aliphatic carbocycles. The summed E-state index contributed by atoms with van der Waals surface area (Å²) in [5.41, 5.74) is 4.11. The van der Waals surface area contributed by atoms with Gasteiger partial charge in [0.05, 0.1) is 11.5 Å². The third-order valence-corrected chi connectivity index (χ3v) is 6.90. The number of anilines is 1. The summed E-state index contributed by atoms with van der Waals surface area (Å²) >= 11 is 0.824. The molecule has 3 aromatic rings. The number of aromatic nitrogens is 1. The first-order chi connectivity index (χ1) is 17.8. The molecule has 0 unspecified atom stereocenters. The number of amides is 3. The summed E-state index contributed by atoms with van der Waals surface area (Å²) in [4.78, 5) is 39.3. The van der Waals surface area contributed by atoms with Crippen LogP contribution in [0, 0.1) is 13.8 Å². The topological polar surface area (TPSA) is 99.1 Å². The van der Waals surface area contributed by atoms with Crippen molar-refractivity contribution < 1.29 is 28.6 Å². The molecule has 1 saturated heterocycles. The summed E-state index contributed by atoms with van der Waals surface area (Å²) in [6, 6.07) is 14.5. The average molecular weight is 520 g/mol. The quantitative estimate of drug-likeness (QED) is 0.444. The van der Waals surface area contributed by atoms with Crippen LogP contribution in [0.3, 0.4) is 0 Å². The molecule has 37 heavy (non-hydrogen) atoms. The number of rotatable bonds is 7. The highest BCUT2D eigenvalue weighted by molar-refractivity contribution is 8.18. The Kier molecular flexibility index (Phi) is 6.66. The highest BCUT2D eigenvalue weighted by Gasteiger charge is 2.36. The molecule has 10 heteroatoms. The van der Waals surface area contributed by atoms with E-state index < -0.39 is 17.1 Å². The van der Waals surface area contributed by atoms with Gasteiger partial charge in [-0.1, -0.05) is 0 Å². The van der Waals surface area contributed by atoms with E-state index in [9.17, 15) is 14.4 Å². The predicted octanol–water partition coefficient (Wildman–Crippen LogP) is 4.90. The fourth-order valence-electron chi connectivity index (χ4n) is 4.28. The second-order valence-corrected chi connectivity index (χ2v) is 9.47. The number of hydrogen-bond donors (Lipinski definition) is 1. The van der Waals surface area contributed by atoms with E-state index >= 15 is 0 Å². The van der Waals surface area contributed by atoms with Gasteiger partial charge >= 0.3 is 0 Å². The molecule has 0 radical (unpaired) electrons. The second-order valence-electron chi connectivity index (χ2n) is 8.47. The molecule has 190 valence electrons. The van der Waals surface area contributed by atoms with Crippen molar-refractivity contribution in [3.05, 3.63) is 70.4 Å². The number of hydrogen-bond acceptors (Lipinski definition) is 7. The maximum absolute atomic E-state index is 13.0. The lowest BCUT2D eigenvalue weighted by atomic mass is 10.2. The Balaban J connectivity index is 1.30. The third-order valence-electron chi connectivity index (χ3n) is 6.00. The summed E-state index contributed by atoms with van der Waals surface area (Å²) < 4.78 is 18.3. The summed E-state index contributed by atoms with van der Waals surface area (Å²) in [5.74, 6) is 1.11. The monoisotopic (exact) mass is 519 g/mol. The van der Waals surface area contributed by atoms with Gasteiger partial charge in [-0.3, -0.25) is 19.3 Å². The van der Waals surface area contributed by atoms with Gasteiger partial charge in [-0.25, -0.2) is 0 Å². The number of carbonyl (C=O) groups is 3. The lowest BCUT2D eigenvalue weighted by Crippen LogP contribution is -2.36. The summed E-state index contributed by atoms with van der Waals surface area (Å²) in [6.45, 7) is 6.16. The molecule has 0 spiro atoms. The number of nitrogens with zero attached hydrogens (tertiary/aromatic N) is 2. The van der Waals surface area contributed by atoms with Crippen molar-refractivity contribution in [1.82, 2.24) is 9.47 Å². The van der Waals surface area contributed by atoms with Gasteiger partial charge in [-0.05, 0) is 86.6 Å². The van der Waals surface area contributed by atoms with Crippen LogP contribution in [0.15, 0.2) is 53.4 Å². The zero-order valence-corrected chi connectivity index (χ0v) is 21.4. The number of imide groups is 1. The Morgan fingerprint density at radius 3 is 2.59 bits per heavy atom. The first kappa shape index (κ1) is 24.5. The number of aryl methyl sites for hydroxylation is 1. The van der Waals surface area contributed by atoms with Crippen LogP contribution in [-0.4, -0.2) is 46.5 Å². The van der Waals surface area contributed by atoms with Crippen molar-refractivity contribution in [2.75, 3.05) is 25.3 Å². The fourth-order valence-corrected chi connectivity index (χ4v) is 5.11. The minimum absolute atomic E-state index is 0.196. The van der Waals surface area contributed by atoms with Crippen LogP contribution in [-0.2, 0) is 9.59 Å². The van der Waals surface area contributed by atoms with Gasteiger partial charge in [0.1, 0.15) is 12.3 Å². The van der Waals surface area contributed by atoms with Crippen molar-refractivity contribution in [2.24, 2.45) is 0 Å². The van der Waals surface area contributed by atoms with Gasteiger partial charge in [-0.15, -0.1) is 0 Å². The molecule has 1 fully saturated rings. The maximum atomic E-state index is 13.0. The van der Waals surface area contributed by atoms with Gasteiger partial charge in [0.25, 0.3) is 11.1 Å². The Labute approximate surface area is 218 Å². The number of nitrogens with one attached hydrogen (secondary N) is 1. The van der Waals surface area contributed by atoms with Crippen LogP contribution in [0.25, 0.3) is 11.8 Å². The Morgan fingerprint density at radius 1 is 1.08 bits per heavy atom. The van der Waals surface area contributed by atoms with E-state index in [1.165, 1.54) is 0 Å². The standard InChI is InChI=1S/C27H25N3O6S/c1-4-34-21-8-5-19(6-9-21)28-25(31)14-29-26(32)24(37-27(29)33)12-18-11-16(2)30(17(18)3)20-7-10-22-23(13-20)36-15-35-22/h5-13H,4,14-15H2,1-3H3,(H,28,31). The highest BCUT2D eigenvalue weighted by atomic mass is 32.2. The number of benzene rings is 2. The number of ether oxygens (including phenoxy) is 3. The van der Waals surface area contributed by atoms with E-state index in [2.05, 4.69) is 5.32 Å². The summed E-state index contributed by atoms with van der Waals surface area (Å²) in [5, 5.41) is 2.22. The largest absolute Gasteiger partial charge is 0.494 e. The van der Waals surface area contributed by atoms with Crippen LogP contribution >= 0.6 is 11.8 Å². The molecule has 5 rings (SSSR count). The minimum atomic E-state index is -0.496. The molecule has 0 atom stereocenters. The Morgan fingerprint density at radius 2 is 1.84 bits per heavy atom. The smallest absolute Gasteiger partial charge is 0.294 e. The molecule has 2 aromatic carbocycles. The van der Waals surface area contributed by atoms with Gasteiger partial charge < -0.3 is 24.1 Å². The van der Waals surface area contributed by atoms with E-state index in [1.54, 1.807) is 30.3 Å². The van der Waals surface area contributed by atoms with Gasteiger partial charge in [-0.2, -0.15) is 0 Å². The van der Waals surface area contributed by atoms with Crippen LogP contribution in [0.4, 0.5) is 10.5 Å². The molecular weight excluding hydrogens is 494 g/mol. The van der Waals surface area contributed by atoms with E-state index in [1.807, 2.05) is 49.6 Å². The summed E-state index contributed by atoms with van der Waals surface area (Å²) in [6.07, 6.45) is 1.70. The van der Waals surface area contributed by atoms with Crippen molar-refractivity contribution in [1.29, 1.82) is 0 Å². The van der Waals surface area contributed by atoms with Crippen LogP contribution < -0.4 is 19.5 Å². The summed E-state index contributed by atoms with van der Waals surface area (Å²) in [7, 11) is 0. The van der Waals surface area contributed by atoms with Crippen molar-refractivity contribution >= 4 is 40.6 Å². The van der Waals surface area contributed by atoms with Crippen LogP contribution in [0.5, 0.6) is 17.2 Å². The average Bonchev–Trinajstić information content (AvgIpc) is 3.52. The number of fused-ring (bicyclic) bond motifs is 1. The first-order valence-corrected chi connectivity index (χ1v) is 12.5. The second kappa shape index (κ2) is 10.1. The molecule has 2 aliphatic heterocycles. The molecule has 2 aliphatic rings. The van der Waals surface area contributed by atoms with E-state index in [0.29, 0.717) is 29.5 Å². The number of thioether (sulfide) groups is 1. The normalized spacial score (nSPS) is 15.5. The van der Waals surface area contributed by atoms with E-state index in [-0.39, 0.29) is 18.2 Å². The predicted molar refractivity (Wildman–Crippen MR) is 140 cm³/mol. The molecule has 1 aromatic heterocycles. The lowest BCUT2D eigenvalue weighted by molar-refractivity contribution is -0.127. The van der Waals surface area contributed by atoms with E-state index in [0.717, 1.165) is 39.3 Å². The van der Waals surface area contributed by atoms with E-state index in [4.69, 9.17) is 14.2 Å². The maximum Gasteiger partial charge on any atom is 0.294 e. The molecular formula is C27H25N3O6S. The van der Waals surface area contributed by atoms with Crippen LogP contribution in [0.1, 0.15) is 23.9 Å². The minimum Gasteiger partial charge on any atom is -0.494 e. The number of carbonyl (C=O) groups excluding carboxylic acids is 3. The zero-order valence-electron chi connectivity index (χ0n) is 20.6. The van der Waals surface area contributed by atoms with Gasteiger partial charge in [0, 0.05) is 28.8 Å². The van der Waals surface area contributed by atoms with Crippen molar-refractivity contribution in [3.8, 4) is 22.9 Å². The van der Waals surface area contributed by atoms with Gasteiger partial charge in [0.15, 0.2) is 11.5 Å². The third kappa shape index (κ3) is 4.92. The molecule has 0 bridgehead atoms. The lowest BCUT2D eigenvalue weighted by Gasteiger charge is -2.13. The molecule has 3 amide bonds. The first-order valence-electron chi connectivity index (χ1n) is 11.7. The van der Waals surface area contributed by atoms with Crippen molar-refractivity contribution in [2.45, 2.75) is 20.8 Å². The van der Waals surface area contributed by atoms with Crippen LogP contribution in [0.2, 0.25) is 0 Å². The van der Waals surface area contributed by atoms with Crippen molar-refractivity contribution in [3.63, 3.8) is 0 Å². The Hall–Kier alpha value is -4.18. The van der Waals surface area contributed by atoms with Gasteiger partial charge in [0.2, 0.25) is 12.7 Å². The Bertz CT molecular complexity index is 1430. The highest BCUT2D eigenvalue weighted by Crippen LogP contribution is 2.36. The zero-order chi connectivity index (χ0) is 26.1. The molecule has 1 N–H and O–H groups in total. The molecule has 3 heterocycles. The fraction of sp³-hybridized carbons (Fsp3) is 0.222. The molecule has 0 saturated carbocycles.